The molecule has 0 aromatic heterocycles. The Morgan fingerprint density at radius 3 is 2.94 bits per heavy atom. The van der Waals surface area contributed by atoms with Crippen LogP contribution in [0, 0.1) is 0 Å². The van der Waals surface area contributed by atoms with Gasteiger partial charge in [-0.05, 0) is 45.7 Å². The Labute approximate surface area is 99.2 Å². The Morgan fingerprint density at radius 2 is 2.12 bits per heavy atom. The second kappa shape index (κ2) is 4.63. The molecule has 2 unspecified atom stereocenters. The molecule has 0 spiro atoms. The largest absolute Gasteiger partial charge is 0.313 e. The van der Waals surface area contributed by atoms with E-state index in [-0.39, 0.29) is 0 Å². The van der Waals surface area contributed by atoms with E-state index < -0.39 is 0 Å². The lowest BCUT2D eigenvalue weighted by Crippen LogP contribution is -2.57. The van der Waals surface area contributed by atoms with E-state index in [1.807, 2.05) is 0 Å². The zero-order chi connectivity index (χ0) is 11.0. The molecular formula is C13H25N3. The summed E-state index contributed by atoms with van der Waals surface area (Å²) in [5.41, 5.74) is 0. The van der Waals surface area contributed by atoms with E-state index in [4.69, 9.17) is 0 Å². The quantitative estimate of drug-likeness (QED) is 0.750. The predicted molar refractivity (Wildman–Crippen MR) is 66.7 cm³/mol. The number of nitrogens with zero attached hydrogens (tertiary/aromatic N) is 2. The van der Waals surface area contributed by atoms with Gasteiger partial charge in [0.15, 0.2) is 0 Å². The molecule has 0 aromatic rings. The van der Waals surface area contributed by atoms with E-state index in [2.05, 4.69) is 22.0 Å². The van der Waals surface area contributed by atoms with Gasteiger partial charge in [0.25, 0.3) is 0 Å². The Hall–Kier alpha value is -0.120. The van der Waals surface area contributed by atoms with Crippen molar-refractivity contribution in [3.8, 4) is 0 Å². The summed E-state index contributed by atoms with van der Waals surface area (Å²) in [5.74, 6) is 0. The molecule has 0 aliphatic carbocycles. The zero-order valence-electron chi connectivity index (χ0n) is 10.5. The molecule has 3 saturated heterocycles. The van der Waals surface area contributed by atoms with Crippen molar-refractivity contribution in [2.45, 2.75) is 50.7 Å². The van der Waals surface area contributed by atoms with Gasteiger partial charge in [-0.1, -0.05) is 0 Å². The third-order valence-corrected chi connectivity index (χ3v) is 4.68. The maximum atomic E-state index is 3.63. The highest BCUT2D eigenvalue weighted by molar-refractivity contribution is 4.92. The number of fused-ring (bicyclic) bond motifs is 1. The van der Waals surface area contributed by atoms with Crippen LogP contribution in [-0.2, 0) is 0 Å². The topological polar surface area (TPSA) is 18.5 Å². The molecule has 3 rings (SSSR count). The van der Waals surface area contributed by atoms with Crippen LogP contribution in [0.5, 0.6) is 0 Å². The molecule has 3 atom stereocenters. The molecule has 3 aliphatic rings. The van der Waals surface area contributed by atoms with Gasteiger partial charge in [0.2, 0.25) is 0 Å². The van der Waals surface area contributed by atoms with Gasteiger partial charge in [-0.25, -0.2) is 0 Å². The molecule has 3 aliphatic heterocycles. The molecule has 16 heavy (non-hydrogen) atoms. The first kappa shape index (κ1) is 11.0. The van der Waals surface area contributed by atoms with E-state index in [9.17, 15) is 0 Å². The van der Waals surface area contributed by atoms with Gasteiger partial charge in [0.05, 0.1) is 0 Å². The fourth-order valence-electron chi connectivity index (χ4n) is 3.70. The molecule has 0 radical (unpaired) electrons. The molecule has 0 amide bonds. The number of hydrogen-bond donors (Lipinski definition) is 1. The minimum Gasteiger partial charge on any atom is -0.313 e. The van der Waals surface area contributed by atoms with Gasteiger partial charge in [-0.2, -0.15) is 0 Å². The molecular weight excluding hydrogens is 198 g/mol. The van der Waals surface area contributed by atoms with Crippen LogP contribution in [-0.4, -0.2) is 60.6 Å². The summed E-state index contributed by atoms with van der Waals surface area (Å²) < 4.78 is 0. The van der Waals surface area contributed by atoms with E-state index in [0.717, 1.165) is 18.1 Å². The lowest BCUT2D eigenvalue weighted by Gasteiger charge is -2.43. The molecule has 3 heterocycles. The maximum Gasteiger partial charge on any atom is 0.0224 e. The Balaban J connectivity index is 1.57. The average molecular weight is 223 g/mol. The third kappa shape index (κ3) is 2.13. The van der Waals surface area contributed by atoms with Gasteiger partial charge in [-0.3, -0.25) is 9.80 Å². The lowest BCUT2D eigenvalue weighted by atomic mass is 10.1. The monoisotopic (exact) mass is 223 g/mol. The minimum absolute atomic E-state index is 0.761. The normalized spacial score (nSPS) is 41.4. The first-order valence-corrected chi connectivity index (χ1v) is 7.04. The van der Waals surface area contributed by atoms with Crippen molar-refractivity contribution >= 4 is 0 Å². The van der Waals surface area contributed by atoms with E-state index in [1.54, 1.807) is 0 Å². The summed E-state index contributed by atoms with van der Waals surface area (Å²) in [4.78, 5) is 5.44. The van der Waals surface area contributed by atoms with E-state index in [0.29, 0.717) is 0 Å². The molecule has 92 valence electrons. The highest BCUT2D eigenvalue weighted by Crippen LogP contribution is 2.25. The summed E-state index contributed by atoms with van der Waals surface area (Å²) >= 11 is 0. The zero-order valence-corrected chi connectivity index (χ0v) is 10.5. The highest BCUT2D eigenvalue weighted by Gasteiger charge is 2.35. The molecule has 3 nitrogen and oxygen atoms in total. The van der Waals surface area contributed by atoms with E-state index in [1.165, 1.54) is 58.4 Å². The Morgan fingerprint density at radius 1 is 1.19 bits per heavy atom. The van der Waals surface area contributed by atoms with Gasteiger partial charge in [0, 0.05) is 37.8 Å². The van der Waals surface area contributed by atoms with Crippen LogP contribution in [0.4, 0.5) is 0 Å². The lowest BCUT2D eigenvalue weighted by molar-refractivity contribution is 0.0540. The van der Waals surface area contributed by atoms with Crippen LogP contribution in [0.3, 0.4) is 0 Å². The summed E-state index contributed by atoms with van der Waals surface area (Å²) in [7, 11) is 0. The van der Waals surface area contributed by atoms with Crippen LogP contribution >= 0.6 is 0 Å². The molecule has 3 heteroatoms. The molecule has 1 N–H and O–H groups in total. The van der Waals surface area contributed by atoms with Crippen LogP contribution in [0.1, 0.15) is 32.6 Å². The second-order valence-corrected chi connectivity index (χ2v) is 5.89. The molecule has 0 aromatic carbocycles. The predicted octanol–water partition coefficient (Wildman–Crippen LogP) is 0.907. The minimum atomic E-state index is 0.761. The van der Waals surface area contributed by atoms with Crippen molar-refractivity contribution in [1.82, 2.24) is 15.1 Å². The van der Waals surface area contributed by atoms with Crippen molar-refractivity contribution in [2.75, 3.05) is 32.7 Å². The number of piperazine rings is 1. The standard InChI is InChI=1S/C13H25N3/c1-11-8-15-7-3-5-13(15)10-16(11)9-12-4-2-6-14-12/h11-14H,2-10H2,1H3/t11?,12-,13?/m0/s1. The Kier molecular flexibility index (Phi) is 3.18. The van der Waals surface area contributed by atoms with Gasteiger partial charge in [0.1, 0.15) is 0 Å². The summed E-state index contributed by atoms with van der Waals surface area (Å²) in [6.45, 7) is 8.90. The van der Waals surface area contributed by atoms with Gasteiger partial charge >= 0.3 is 0 Å². The van der Waals surface area contributed by atoms with Crippen molar-refractivity contribution < 1.29 is 0 Å². The maximum absolute atomic E-state index is 3.63. The van der Waals surface area contributed by atoms with Gasteiger partial charge in [-0.15, -0.1) is 0 Å². The van der Waals surface area contributed by atoms with Crippen molar-refractivity contribution in [3.05, 3.63) is 0 Å². The molecule has 0 bridgehead atoms. The SMILES string of the molecule is CC1CN2CCCC2CN1C[C@@H]1CCCN1. The Bertz CT molecular complexity index is 235. The van der Waals surface area contributed by atoms with Crippen LogP contribution < -0.4 is 5.32 Å². The van der Waals surface area contributed by atoms with Crippen LogP contribution in [0.25, 0.3) is 0 Å². The second-order valence-electron chi connectivity index (χ2n) is 5.89. The van der Waals surface area contributed by atoms with Crippen LogP contribution in [0.2, 0.25) is 0 Å². The van der Waals surface area contributed by atoms with Gasteiger partial charge < -0.3 is 5.32 Å². The smallest absolute Gasteiger partial charge is 0.0224 e. The van der Waals surface area contributed by atoms with Crippen LogP contribution in [0.15, 0.2) is 0 Å². The van der Waals surface area contributed by atoms with Crippen molar-refractivity contribution in [2.24, 2.45) is 0 Å². The molecule has 3 fully saturated rings. The first-order valence-electron chi connectivity index (χ1n) is 7.04. The summed E-state index contributed by atoms with van der Waals surface area (Å²) in [5, 5.41) is 3.63. The molecule has 0 saturated carbocycles. The number of nitrogens with one attached hydrogen (secondary N) is 1. The third-order valence-electron chi connectivity index (χ3n) is 4.68. The van der Waals surface area contributed by atoms with Crippen molar-refractivity contribution in [3.63, 3.8) is 0 Å². The number of rotatable bonds is 2. The van der Waals surface area contributed by atoms with Crippen molar-refractivity contribution in [1.29, 1.82) is 0 Å². The highest BCUT2D eigenvalue weighted by atomic mass is 15.3. The summed E-state index contributed by atoms with van der Waals surface area (Å²) in [6.07, 6.45) is 5.62. The first-order chi connectivity index (χ1) is 7.83. The average Bonchev–Trinajstić information content (AvgIpc) is 2.89. The number of hydrogen-bond acceptors (Lipinski definition) is 3. The fraction of sp³-hybridized carbons (Fsp3) is 1.00. The fourth-order valence-corrected chi connectivity index (χ4v) is 3.70. The summed E-state index contributed by atoms with van der Waals surface area (Å²) in [6, 6.07) is 2.41. The van der Waals surface area contributed by atoms with E-state index >= 15 is 0 Å².